The minimum Gasteiger partial charge on any atom is -0.298 e. The molecule has 0 unspecified atom stereocenters. The van der Waals surface area contributed by atoms with Crippen molar-refractivity contribution in [2.75, 3.05) is 0 Å². The summed E-state index contributed by atoms with van der Waals surface area (Å²) >= 11 is 0. The molecule has 96 valence electrons. The van der Waals surface area contributed by atoms with Crippen LogP contribution in [0.1, 0.15) is 24.7 Å². The molecule has 0 N–H and O–H groups in total. The van der Waals surface area contributed by atoms with Crippen molar-refractivity contribution >= 4 is 5.69 Å². The Balaban J connectivity index is 2.58. The van der Waals surface area contributed by atoms with Gasteiger partial charge >= 0.3 is 0 Å². The standard InChI is InChI=1S/C13H12N4O2/c1-2-3-13-15-6-7-16(13)11-5-4-10(9-14)8-12(11)17(18)19/h4-8H,2-3H2,1H3. The van der Waals surface area contributed by atoms with E-state index < -0.39 is 4.92 Å². The van der Waals surface area contributed by atoms with Crippen molar-refractivity contribution in [2.24, 2.45) is 0 Å². The number of aryl methyl sites for hydroxylation is 1. The summed E-state index contributed by atoms with van der Waals surface area (Å²) in [7, 11) is 0. The number of nitrogens with zero attached hydrogens (tertiary/aromatic N) is 4. The molecule has 2 aromatic rings. The Labute approximate surface area is 110 Å². The number of nitro benzene ring substituents is 1. The van der Waals surface area contributed by atoms with Crippen molar-refractivity contribution in [1.82, 2.24) is 9.55 Å². The lowest BCUT2D eigenvalue weighted by molar-refractivity contribution is -0.384. The smallest absolute Gasteiger partial charge is 0.294 e. The first-order chi connectivity index (χ1) is 9.17. The van der Waals surface area contributed by atoms with Crippen LogP contribution in [-0.4, -0.2) is 14.5 Å². The second kappa shape index (κ2) is 5.31. The van der Waals surface area contributed by atoms with Crippen LogP contribution in [0.5, 0.6) is 0 Å². The topological polar surface area (TPSA) is 84.8 Å². The highest BCUT2D eigenvalue weighted by atomic mass is 16.6. The largest absolute Gasteiger partial charge is 0.298 e. The molecule has 6 nitrogen and oxygen atoms in total. The number of rotatable bonds is 4. The molecule has 2 rings (SSSR count). The zero-order chi connectivity index (χ0) is 13.8. The highest BCUT2D eigenvalue weighted by Gasteiger charge is 2.18. The summed E-state index contributed by atoms with van der Waals surface area (Å²) < 4.78 is 1.70. The molecule has 0 aliphatic heterocycles. The van der Waals surface area contributed by atoms with Gasteiger partial charge in [0.15, 0.2) is 0 Å². The first-order valence-corrected chi connectivity index (χ1v) is 5.88. The van der Waals surface area contributed by atoms with Crippen molar-refractivity contribution < 1.29 is 4.92 Å². The fourth-order valence-corrected chi connectivity index (χ4v) is 1.91. The summed E-state index contributed by atoms with van der Waals surface area (Å²) in [6.45, 7) is 2.02. The van der Waals surface area contributed by atoms with Crippen molar-refractivity contribution in [3.05, 3.63) is 52.1 Å². The molecular formula is C13H12N4O2. The maximum atomic E-state index is 11.1. The molecule has 0 fully saturated rings. The van der Waals surface area contributed by atoms with Crippen LogP contribution in [-0.2, 0) is 6.42 Å². The minimum atomic E-state index is -0.480. The molecule has 0 spiro atoms. The van der Waals surface area contributed by atoms with Crippen molar-refractivity contribution in [1.29, 1.82) is 5.26 Å². The third-order valence-electron chi connectivity index (χ3n) is 2.75. The number of nitriles is 1. The van der Waals surface area contributed by atoms with E-state index in [0.29, 0.717) is 5.69 Å². The van der Waals surface area contributed by atoms with Crippen molar-refractivity contribution in [2.45, 2.75) is 19.8 Å². The van der Waals surface area contributed by atoms with E-state index in [1.54, 1.807) is 29.1 Å². The molecule has 0 radical (unpaired) electrons. The summed E-state index contributed by atoms with van der Waals surface area (Å²) in [5, 5.41) is 19.9. The van der Waals surface area contributed by atoms with Gasteiger partial charge < -0.3 is 0 Å². The molecule has 0 aliphatic carbocycles. The summed E-state index contributed by atoms with van der Waals surface area (Å²) in [5.74, 6) is 0.773. The molecule has 0 amide bonds. The second-order valence-corrected chi connectivity index (χ2v) is 4.04. The molecule has 1 aromatic carbocycles. The lowest BCUT2D eigenvalue weighted by Gasteiger charge is -2.08. The second-order valence-electron chi connectivity index (χ2n) is 4.04. The average molecular weight is 256 g/mol. The lowest BCUT2D eigenvalue weighted by Crippen LogP contribution is -2.04. The van der Waals surface area contributed by atoms with Crippen LogP contribution in [0.15, 0.2) is 30.6 Å². The highest BCUT2D eigenvalue weighted by Crippen LogP contribution is 2.25. The van der Waals surface area contributed by atoms with E-state index in [4.69, 9.17) is 5.26 Å². The lowest BCUT2D eigenvalue weighted by atomic mass is 10.2. The van der Waals surface area contributed by atoms with Crippen LogP contribution in [0.3, 0.4) is 0 Å². The van der Waals surface area contributed by atoms with Gasteiger partial charge in [0.25, 0.3) is 5.69 Å². The molecule has 6 heteroatoms. The summed E-state index contributed by atoms with van der Waals surface area (Å²) in [6, 6.07) is 6.34. The van der Waals surface area contributed by atoms with Gasteiger partial charge in [-0.25, -0.2) is 4.98 Å². The van der Waals surface area contributed by atoms with Gasteiger partial charge in [0.2, 0.25) is 0 Å². The molecule has 19 heavy (non-hydrogen) atoms. The number of nitro groups is 1. The van der Waals surface area contributed by atoms with Gasteiger partial charge in [-0.3, -0.25) is 14.7 Å². The van der Waals surface area contributed by atoms with E-state index in [1.807, 2.05) is 13.0 Å². The monoisotopic (exact) mass is 256 g/mol. The Morgan fingerprint density at radius 2 is 2.32 bits per heavy atom. The van der Waals surface area contributed by atoms with Gasteiger partial charge in [-0.15, -0.1) is 0 Å². The Morgan fingerprint density at radius 1 is 1.53 bits per heavy atom. The van der Waals surface area contributed by atoms with Crippen LogP contribution < -0.4 is 0 Å². The van der Waals surface area contributed by atoms with E-state index in [0.717, 1.165) is 18.7 Å². The molecule has 0 saturated heterocycles. The number of benzene rings is 1. The predicted octanol–water partition coefficient (Wildman–Crippen LogP) is 2.60. The first kappa shape index (κ1) is 12.8. The first-order valence-electron chi connectivity index (χ1n) is 5.88. The molecule has 1 heterocycles. The van der Waals surface area contributed by atoms with E-state index in [2.05, 4.69) is 4.98 Å². The van der Waals surface area contributed by atoms with Crippen LogP contribution in [0.25, 0.3) is 5.69 Å². The van der Waals surface area contributed by atoms with Gasteiger partial charge in [-0.2, -0.15) is 5.26 Å². The zero-order valence-corrected chi connectivity index (χ0v) is 10.4. The third-order valence-corrected chi connectivity index (χ3v) is 2.75. The summed E-state index contributed by atoms with van der Waals surface area (Å²) in [5.41, 5.74) is 0.618. The van der Waals surface area contributed by atoms with Crippen LogP contribution in [0.2, 0.25) is 0 Å². The Bertz CT molecular complexity index is 655. The Hall–Kier alpha value is -2.68. The maximum Gasteiger partial charge on any atom is 0.294 e. The Morgan fingerprint density at radius 3 is 2.95 bits per heavy atom. The Kier molecular flexibility index (Phi) is 3.57. The van der Waals surface area contributed by atoms with Gasteiger partial charge in [0.05, 0.1) is 16.6 Å². The molecule has 1 aromatic heterocycles. The van der Waals surface area contributed by atoms with Crippen molar-refractivity contribution in [3.63, 3.8) is 0 Å². The van der Waals surface area contributed by atoms with Gasteiger partial charge in [0.1, 0.15) is 11.5 Å². The normalized spacial score (nSPS) is 10.1. The average Bonchev–Trinajstić information content (AvgIpc) is 2.86. The van der Waals surface area contributed by atoms with Crippen LogP contribution in [0, 0.1) is 21.4 Å². The zero-order valence-electron chi connectivity index (χ0n) is 10.4. The van der Waals surface area contributed by atoms with E-state index in [9.17, 15) is 10.1 Å². The third kappa shape index (κ3) is 2.45. The van der Waals surface area contributed by atoms with E-state index >= 15 is 0 Å². The number of hydrogen-bond donors (Lipinski definition) is 0. The van der Waals surface area contributed by atoms with Crippen LogP contribution in [0.4, 0.5) is 5.69 Å². The van der Waals surface area contributed by atoms with Gasteiger partial charge in [0, 0.05) is 24.9 Å². The molecular weight excluding hydrogens is 244 g/mol. The quantitative estimate of drug-likeness (QED) is 0.621. The maximum absolute atomic E-state index is 11.1. The molecule has 0 aliphatic rings. The van der Waals surface area contributed by atoms with Crippen LogP contribution >= 0.6 is 0 Å². The molecule has 0 saturated carbocycles. The predicted molar refractivity (Wildman–Crippen MR) is 68.9 cm³/mol. The highest BCUT2D eigenvalue weighted by molar-refractivity contribution is 5.56. The van der Waals surface area contributed by atoms with Crippen molar-refractivity contribution in [3.8, 4) is 11.8 Å². The number of aromatic nitrogens is 2. The molecule has 0 atom stereocenters. The fraction of sp³-hybridized carbons (Fsp3) is 0.231. The fourth-order valence-electron chi connectivity index (χ4n) is 1.91. The summed E-state index contributed by atoms with van der Waals surface area (Å²) in [4.78, 5) is 14.8. The SMILES string of the molecule is CCCc1nccn1-c1ccc(C#N)cc1[N+](=O)[O-]. The van der Waals surface area contributed by atoms with Gasteiger partial charge in [-0.1, -0.05) is 6.92 Å². The van der Waals surface area contributed by atoms with E-state index in [-0.39, 0.29) is 11.3 Å². The minimum absolute atomic E-state index is 0.0885. The van der Waals surface area contributed by atoms with Gasteiger partial charge in [-0.05, 0) is 18.6 Å². The molecule has 0 bridgehead atoms. The summed E-state index contributed by atoms with van der Waals surface area (Å²) in [6.07, 6.45) is 4.96. The number of hydrogen-bond acceptors (Lipinski definition) is 4. The number of imidazole rings is 1. The van der Waals surface area contributed by atoms with E-state index in [1.165, 1.54) is 6.07 Å².